The van der Waals surface area contributed by atoms with Crippen molar-refractivity contribution in [3.8, 4) is 5.75 Å². The number of thioether (sulfide) groups is 1. The predicted octanol–water partition coefficient (Wildman–Crippen LogP) is 2.45. The van der Waals surface area contributed by atoms with Crippen LogP contribution >= 0.6 is 23.1 Å². The van der Waals surface area contributed by atoms with Crippen molar-refractivity contribution in [2.24, 2.45) is 0 Å². The number of hydrogen-bond donors (Lipinski definition) is 1. The Morgan fingerprint density at radius 2 is 2.15 bits per heavy atom. The van der Waals surface area contributed by atoms with Gasteiger partial charge in [0, 0.05) is 6.07 Å². The highest BCUT2D eigenvalue weighted by molar-refractivity contribution is 8.00. The summed E-state index contributed by atoms with van der Waals surface area (Å²) >= 11 is 2.65. The maximum absolute atomic E-state index is 12.7. The second-order valence-electron chi connectivity index (χ2n) is 5.25. The van der Waals surface area contributed by atoms with Crippen LogP contribution in [0.25, 0.3) is 0 Å². The number of anilines is 2. The predicted molar refractivity (Wildman–Crippen MR) is 105 cm³/mol. The molecule has 0 aliphatic carbocycles. The molecule has 0 aliphatic heterocycles. The quantitative estimate of drug-likeness (QED) is 0.521. The molecule has 0 spiro atoms. The Hall–Kier alpha value is -1.85. The molecule has 0 saturated heterocycles. The number of sulfonamides is 1. The first kappa shape index (κ1) is 20.5. The van der Waals surface area contributed by atoms with E-state index in [1.807, 2.05) is 6.26 Å². The number of carbonyl (C=O) groups is 1. The Morgan fingerprint density at radius 1 is 1.42 bits per heavy atom. The first-order valence-electron chi connectivity index (χ1n) is 7.62. The van der Waals surface area contributed by atoms with Gasteiger partial charge in [0.15, 0.2) is 4.34 Å². The summed E-state index contributed by atoms with van der Waals surface area (Å²) in [4.78, 5) is 12.7. The summed E-state index contributed by atoms with van der Waals surface area (Å²) in [6.07, 6.45) is 3.21. The van der Waals surface area contributed by atoms with Crippen molar-refractivity contribution in [3.05, 3.63) is 24.3 Å². The highest BCUT2D eigenvalue weighted by atomic mass is 32.2. The SMILES string of the molecule is CCC(C(=O)Nc1nnc(SC)s1)N(c1cccc(OC)c1)S(C)(=O)=O. The van der Waals surface area contributed by atoms with Gasteiger partial charge >= 0.3 is 0 Å². The number of hydrogen-bond acceptors (Lipinski definition) is 8. The van der Waals surface area contributed by atoms with Gasteiger partial charge in [0.1, 0.15) is 11.8 Å². The number of nitrogens with one attached hydrogen (secondary N) is 1. The number of nitrogens with zero attached hydrogens (tertiary/aromatic N) is 3. The maximum Gasteiger partial charge on any atom is 0.250 e. The molecule has 1 heterocycles. The lowest BCUT2D eigenvalue weighted by Gasteiger charge is -2.29. The van der Waals surface area contributed by atoms with Gasteiger partial charge in [-0.25, -0.2) is 8.42 Å². The van der Waals surface area contributed by atoms with Gasteiger partial charge in [-0.15, -0.1) is 10.2 Å². The van der Waals surface area contributed by atoms with E-state index < -0.39 is 22.0 Å². The summed E-state index contributed by atoms with van der Waals surface area (Å²) in [5.41, 5.74) is 0.357. The van der Waals surface area contributed by atoms with Crippen LogP contribution in [0.3, 0.4) is 0 Å². The minimum atomic E-state index is -3.71. The van der Waals surface area contributed by atoms with E-state index in [2.05, 4.69) is 15.5 Å². The molecule has 0 fully saturated rings. The molecule has 142 valence electrons. The second-order valence-corrected chi connectivity index (χ2v) is 9.14. The molecular weight excluding hydrogens is 396 g/mol. The van der Waals surface area contributed by atoms with Gasteiger partial charge in [0.05, 0.1) is 19.1 Å². The molecule has 0 bridgehead atoms. The maximum atomic E-state index is 12.7. The molecule has 1 N–H and O–H groups in total. The van der Waals surface area contributed by atoms with Crippen LogP contribution in [-0.2, 0) is 14.8 Å². The van der Waals surface area contributed by atoms with Gasteiger partial charge in [-0.2, -0.15) is 0 Å². The third-order valence-corrected chi connectivity index (χ3v) is 6.44. The number of benzene rings is 1. The fourth-order valence-corrected chi connectivity index (χ4v) is 4.72. The van der Waals surface area contributed by atoms with E-state index in [4.69, 9.17) is 4.74 Å². The number of amides is 1. The van der Waals surface area contributed by atoms with Crippen molar-refractivity contribution >= 4 is 49.8 Å². The van der Waals surface area contributed by atoms with Gasteiger partial charge in [0.25, 0.3) is 0 Å². The van der Waals surface area contributed by atoms with Crippen molar-refractivity contribution in [3.63, 3.8) is 0 Å². The number of ether oxygens (including phenoxy) is 1. The Bertz CT molecular complexity index is 869. The Labute approximate surface area is 161 Å². The van der Waals surface area contributed by atoms with Crippen molar-refractivity contribution < 1.29 is 17.9 Å². The number of aromatic nitrogens is 2. The van der Waals surface area contributed by atoms with E-state index in [1.165, 1.54) is 30.2 Å². The van der Waals surface area contributed by atoms with Crippen LogP contribution in [0.4, 0.5) is 10.8 Å². The molecule has 1 aromatic carbocycles. The van der Waals surface area contributed by atoms with E-state index in [9.17, 15) is 13.2 Å². The van der Waals surface area contributed by atoms with E-state index >= 15 is 0 Å². The van der Waals surface area contributed by atoms with Crippen LogP contribution in [-0.4, -0.2) is 50.2 Å². The van der Waals surface area contributed by atoms with Gasteiger partial charge < -0.3 is 4.74 Å². The summed E-state index contributed by atoms with van der Waals surface area (Å²) in [7, 11) is -2.22. The summed E-state index contributed by atoms with van der Waals surface area (Å²) < 4.78 is 31.8. The van der Waals surface area contributed by atoms with Gasteiger partial charge in [-0.1, -0.05) is 36.1 Å². The monoisotopic (exact) mass is 416 g/mol. The highest BCUT2D eigenvalue weighted by Gasteiger charge is 2.32. The third-order valence-electron chi connectivity index (χ3n) is 3.45. The lowest BCUT2D eigenvalue weighted by Crippen LogP contribution is -2.47. The number of rotatable bonds is 8. The van der Waals surface area contributed by atoms with E-state index in [0.29, 0.717) is 20.9 Å². The average Bonchev–Trinajstić information content (AvgIpc) is 3.05. The molecule has 1 amide bonds. The van der Waals surface area contributed by atoms with Crippen LogP contribution in [0.15, 0.2) is 28.6 Å². The fourth-order valence-electron chi connectivity index (χ4n) is 2.34. The molecule has 8 nitrogen and oxygen atoms in total. The van der Waals surface area contributed by atoms with Crippen molar-refractivity contribution in [1.29, 1.82) is 0 Å². The van der Waals surface area contributed by atoms with Crippen LogP contribution < -0.4 is 14.4 Å². The second kappa shape index (κ2) is 8.69. The normalized spacial score (nSPS) is 12.5. The fraction of sp³-hybridized carbons (Fsp3) is 0.400. The third kappa shape index (κ3) is 4.86. The molecule has 1 atom stereocenters. The molecule has 0 aliphatic rings. The smallest absolute Gasteiger partial charge is 0.250 e. The lowest BCUT2D eigenvalue weighted by atomic mass is 10.2. The molecule has 26 heavy (non-hydrogen) atoms. The molecule has 11 heteroatoms. The van der Waals surface area contributed by atoms with Crippen molar-refractivity contribution in [2.75, 3.05) is 29.2 Å². The first-order valence-corrected chi connectivity index (χ1v) is 11.5. The molecule has 0 radical (unpaired) electrons. The number of carbonyl (C=O) groups excluding carboxylic acids is 1. The minimum absolute atomic E-state index is 0.282. The van der Waals surface area contributed by atoms with Crippen LogP contribution in [0.5, 0.6) is 5.75 Å². The summed E-state index contributed by atoms with van der Waals surface area (Å²) in [6.45, 7) is 1.75. The standard InChI is InChI=1S/C15H20N4O4S3/c1-5-12(13(20)16-14-17-18-15(24-3)25-14)19(26(4,21)22)10-7-6-8-11(9-10)23-2/h6-9,12H,5H2,1-4H3,(H,16,17,20). The Morgan fingerprint density at radius 3 is 2.69 bits per heavy atom. The molecule has 1 unspecified atom stereocenters. The van der Waals surface area contributed by atoms with Crippen LogP contribution in [0.1, 0.15) is 13.3 Å². The van der Waals surface area contributed by atoms with Gasteiger partial charge in [-0.05, 0) is 24.8 Å². The van der Waals surface area contributed by atoms with E-state index in [1.54, 1.807) is 31.2 Å². The Kier molecular flexibility index (Phi) is 6.84. The topological polar surface area (TPSA) is 101 Å². The van der Waals surface area contributed by atoms with Crippen LogP contribution in [0, 0.1) is 0 Å². The number of methoxy groups -OCH3 is 1. The molecule has 0 saturated carbocycles. The van der Waals surface area contributed by atoms with E-state index in [-0.39, 0.29) is 6.42 Å². The summed E-state index contributed by atoms with van der Waals surface area (Å²) in [6, 6.07) is 5.64. The summed E-state index contributed by atoms with van der Waals surface area (Å²) in [5.74, 6) is 0.0321. The largest absolute Gasteiger partial charge is 0.497 e. The first-order chi connectivity index (χ1) is 12.3. The van der Waals surface area contributed by atoms with E-state index in [0.717, 1.165) is 10.6 Å². The molecule has 2 rings (SSSR count). The lowest BCUT2D eigenvalue weighted by molar-refractivity contribution is -0.117. The molecule has 1 aromatic heterocycles. The highest BCUT2D eigenvalue weighted by Crippen LogP contribution is 2.28. The van der Waals surface area contributed by atoms with Crippen molar-refractivity contribution in [1.82, 2.24) is 10.2 Å². The van der Waals surface area contributed by atoms with Crippen LogP contribution in [0.2, 0.25) is 0 Å². The summed E-state index contributed by atoms with van der Waals surface area (Å²) in [5, 5.41) is 10.8. The minimum Gasteiger partial charge on any atom is -0.497 e. The van der Waals surface area contributed by atoms with Gasteiger partial charge in [-0.3, -0.25) is 14.4 Å². The average molecular weight is 417 g/mol. The Balaban J connectivity index is 2.35. The molecular formula is C15H20N4O4S3. The van der Waals surface area contributed by atoms with Crippen molar-refractivity contribution in [2.45, 2.75) is 23.7 Å². The molecule has 2 aromatic rings. The zero-order valence-electron chi connectivity index (χ0n) is 14.8. The zero-order chi connectivity index (χ0) is 19.3. The zero-order valence-corrected chi connectivity index (χ0v) is 17.2. The van der Waals surface area contributed by atoms with Gasteiger partial charge in [0.2, 0.25) is 21.1 Å².